The van der Waals surface area contributed by atoms with Crippen LogP contribution in [0.4, 0.5) is 11.8 Å². The minimum atomic E-state index is -0.363. The molecule has 1 aromatic rings. The van der Waals surface area contributed by atoms with Crippen molar-refractivity contribution >= 4 is 11.8 Å². The highest BCUT2D eigenvalue weighted by Crippen LogP contribution is 2.24. The Balaban J connectivity index is 2.11. The summed E-state index contributed by atoms with van der Waals surface area (Å²) in [6.45, 7) is 1.33. The van der Waals surface area contributed by atoms with Crippen molar-refractivity contribution in [2.75, 3.05) is 30.6 Å². The first-order valence-corrected chi connectivity index (χ1v) is 5.54. The van der Waals surface area contributed by atoms with Crippen LogP contribution in [-0.4, -0.2) is 40.4 Å². The van der Waals surface area contributed by atoms with Gasteiger partial charge in [-0.05, 0) is 18.9 Å². The zero-order valence-electron chi connectivity index (χ0n) is 9.52. The molecule has 1 aliphatic heterocycles. The van der Waals surface area contributed by atoms with Crippen LogP contribution in [0.1, 0.15) is 12.8 Å². The molecule has 0 radical (unpaired) electrons. The second-order valence-electron chi connectivity index (χ2n) is 4.09. The summed E-state index contributed by atoms with van der Waals surface area (Å²) >= 11 is 0. The molecule has 1 fully saturated rings. The number of hydrazine groups is 1. The SMILES string of the molecule is NNc1nccc(NC2(CO)CCOCC2)n1. The number of nitrogen functional groups attached to an aromatic ring is 1. The van der Waals surface area contributed by atoms with Crippen LogP contribution in [0.2, 0.25) is 0 Å². The quantitative estimate of drug-likeness (QED) is 0.423. The fourth-order valence-corrected chi connectivity index (χ4v) is 1.85. The Morgan fingerprint density at radius 2 is 2.24 bits per heavy atom. The molecule has 7 nitrogen and oxygen atoms in total. The first-order valence-electron chi connectivity index (χ1n) is 5.54. The molecule has 1 aliphatic rings. The minimum Gasteiger partial charge on any atom is -0.394 e. The summed E-state index contributed by atoms with van der Waals surface area (Å²) < 4.78 is 5.29. The Morgan fingerprint density at radius 1 is 1.47 bits per heavy atom. The van der Waals surface area contributed by atoms with E-state index in [0.717, 1.165) is 12.8 Å². The number of aliphatic hydroxyl groups is 1. The molecule has 17 heavy (non-hydrogen) atoms. The maximum Gasteiger partial charge on any atom is 0.239 e. The van der Waals surface area contributed by atoms with Crippen LogP contribution in [0.3, 0.4) is 0 Å². The predicted molar refractivity (Wildman–Crippen MR) is 63.3 cm³/mol. The van der Waals surface area contributed by atoms with E-state index in [9.17, 15) is 5.11 Å². The number of nitrogens with one attached hydrogen (secondary N) is 2. The number of hydrogen-bond acceptors (Lipinski definition) is 7. The highest BCUT2D eigenvalue weighted by Gasteiger charge is 2.32. The third-order valence-electron chi connectivity index (χ3n) is 2.93. The lowest BCUT2D eigenvalue weighted by molar-refractivity contribution is 0.0378. The van der Waals surface area contributed by atoms with Gasteiger partial charge in [0.15, 0.2) is 0 Å². The third kappa shape index (κ3) is 2.82. The smallest absolute Gasteiger partial charge is 0.239 e. The Kier molecular flexibility index (Phi) is 3.72. The topological polar surface area (TPSA) is 105 Å². The van der Waals surface area contributed by atoms with Gasteiger partial charge in [-0.3, -0.25) is 5.43 Å². The lowest BCUT2D eigenvalue weighted by Crippen LogP contribution is -2.47. The molecule has 0 unspecified atom stereocenters. The molecule has 0 spiro atoms. The molecular weight excluding hydrogens is 222 g/mol. The zero-order valence-corrected chi connectivity index (χ0v) is 9.52. The van der Waals surface area contributed by atoms with Gasteiger partial charge in [0, 0.05) is 19.4 Å². The molecule has 2 rings (SSSR count). The van der Waals surface area contributed by atoms with Gasteiger partial charge in [-0.15, -0.1) is 0 Å². The Hall–Kier alpha value is -1.44. The number of hydrogen-bond donors (Lipinski definition) is 4. The van der Waals surface area contributed by atoms with Crippen LogP contribution in [0.15, 0.2) is 12.3 Å². The van der Waals surface area contributed by atoms with E-state index in [2.05, 4.69) is 20.7 Å². The summed E-state index contributed by atoms with van der Waals surface area (Å²) in [5, 5.41) is 12.8. The van der Waals surface area contributed by atoms with E-state index in [1.165, 1.54) is 0 Å². The molecule has 5 N–H and O–H groups in total. The highest BCUT2D eigenvalue weighted by atomic mass is 16.5. The Bertz CT molecular complexity index is 367. The lowest BCUT2D eigenvalue weighted by Gasteiger charge is -2.36. The Labute approximate surface area is 99.4 Å². The number of ether oxygens (including phenoxy) is 1. The van der Waals surface area contributed by atoms with Gasteiger partial charge in [0.05, 0.1) is 12.1 Å². The molecule has 0 atom stereocenters. The summed E-state index contributed by atoms with van der Waals surface area (Å²) in [4.78, 5) is 8.09. The average Bonchev–Trinajstić information content (AvgIpc) is 2.40. The van der Waals surface area contributed by atoms with E-state index in [-0.39, 0.29) is 12.1 Å². The fourth-order valence-electron chi connectivity index (χ4n) is 1.85. The first-order chi connectivity index (χ1) is 8.28. The van der Waals surface area contributed by atoms with Crippen molar-refractivity contribution in [2.24, 2.45) is 5.84 Å². The predicted octanol–water partition coefficient (Wildman–Crippen LogP) is -0.284. The zero-order chi connectivity index (χ0) is 12.1. The largest absolute Gasteiger partial charge is 0.394 e. The third-order valence-corrected chi connectivity index (χ3v) is 2.93. The summed E-state index contributed by atoms with van der Waals surface area (Å²) in [5.41, 5.74) is 2.02. The van der Waals surface area contributed by atoms with E-state index >= 15 is 0 Å². The van der Waals surface area contributed by atoms with Crippen LogP contribution in [-0.2, 0) is 4.74 Å². The van der Waals surface area contributed by atoms with Crippen LogP contribution in [0.25, 0.3) is 0 Å². The average molecular weight is 239 g/mol. The van der Waals surface area contributed by atoms with E-state index < -0.39 is 0 Å². The van der Waals surface area contributed by atoms with Crippen LogP contribution in [0, 0.1) is 0 Å². The van der Waals surface area contributed by atoms with Crippen LogP contribution >= 0.6 is 0 Å². The maximum atomic E-state index is 9.53. The minimum absolute atomic E-state index is 0.0474. The van der Waals surface area contributed by atoms with Crippen molar-refractivity contribution in [2.45, 2.75) is 18.4 Å². The van der Waals surface area contributed by atoms with Crippen LogP contribution in [0.5, 0.6) is 0 Å². The van der Waals surface area contributed by atoms with E-state index in [4.69, 9.17) is 10.6 Å². The van der Waals surface area contributed by atoms with Gasteiger partial charge in [0.2, 0.25) is 5.95 Å². The molecular formula is C10H17N5O2. The van der Waals surface area contributed by atoms with E-state index in [1.807, 2.05) is 0 Å². The number of aromatic nitrogens is 2. The second-order valence-corrected chi connectivity index (χ2v) is 4.09. The van der Waals surface area contributed by atoms with Crippen molar-refractivity contribution in [1.82, 2.24) is 9.97 Å². The molecule has 0 aromatic carbocycles. The normalized spacial score (nSPS) is 18.7. The van der Waals surface area contributed by atoms with E-state index in [0.29, 0.717) is 25.0 Å². The van der Waals surface area contributed by atoms with E-state index in [1.54, 1.807) is 12.3 Å². The van der Waals surface area contributed by atoms with Crippen molar-refractivity contribution < 1.29 is 9.84 Å². The van der Waals surface area contributed by atoms with Gasteiger partial charge >= 0.3 is 0 Å². The fraction of sp³-hybridized carbons (Fsp3) is 0.600. The number of nitrogens with two attached hydrogens (primary N) is 1. The van der Waals surface area contributed by atoms with Gasteiger partial charge in [0.25, 0.3) is 0 Å². The van der Waals surface area contributed by atoms with Gasteiger partial charge in [-0.25, -0.2) is 10.8 Å². The molecule has 0 aliphatic carbocycles. The molecule has 1 saturated heterocycles. The molecule has 94 valence electrons. The second kappa shape index (κ2) is 5.26. The summed E-state index contributed by atoms with van der Waals surface area (Å²) in [6, 6.07) is 1.74. The van der Waals surface area contributed by atoms with Crippen molar-refractivity contribution in [3.05, 3.63) is 12.3 Å². The lowest BCUT2D eigenvalue weighted by atomic mass is 9.91. The summed E-state index contributed by atoms with van der Waals surface area (Å²) in [5.74, 6) is 6.23. The number of nitrogens with zero attached hydrogens (tertiary/aromatic N) is 2. The van der Waals surface area contributed by atoms with Gasteiger partial charge < -0.3 is 15.2 Å². The summed E-state index contributed by atoms with van der Waals surface area (Å²) in [7, 11) is 0. The van der Waals surface area contributed by atoms with Crippen LogP contribution < -0.4 is 16.6 Å². The van der Waals surface area contributed by atoms with Gasteiger partial charge in [-0.2, -0.15) is 4.98 Å². The monoisotopic (exact) mass is 239 g/mol. The summed E-state index contributed by atoms with van der Waals surface area (Å²) in [6.07, 6.45) is 3.10. The van der Waals surface area contributed by atoms with Crippen molar-refractivity contribution in [3.8, 4) is 0 Å². The first kappa shape index (κ1) is 12.0. The maximum absolute atomic E-state index is 9.53. The molecule has 0 bridgehead atoms. The molecule has 0 saturated carbocycles. The molecule has 7 heteroatoms. The standard InChI is InChI=1S/C10H17N5O2/c11-15-9-12-4-1-8(13-9)14-10(7-16)2-5-17-6-3-10/h1,4,16H,2-3,5-7,11H2,(H2,12,13,14,15). The van der Waals surface area contributed by atoms with Gasteiger partial charge in [-0.1, -0.05) is 0 Å². The highest BCUT2D eigenvalue weighted by molar-refractivity contribution is 5.41. The van der Waals surface area contributed by atoms with Crippen molar-refractivity contribution in [3.63, 3.8) is 0 Å². The molecule has 1 aromatic heterocycles. The van der Waals surface area contributed by atoms with Gasteiger partial charge in [0.1, 0.15) is 5.82 Å². The number of rotatable bonds is 4. The van der Waals surface area contributed by atoms with Crippen molar-refractivity contribution in [1.29, 1.82) is 0 Å². The number of anilines is 2. The molecule has 2 heterocycles. The Morgan fingerprint density at radius 3 is 2.88 bits per heavy atom. The molecule has 0 amide bonds. The number of aliphatic hydroxyl groups excluding tert-OH is 1.